The lowest BCUT2D eigenvalue weighted by Crippen LogP contribution is -2.39. The Morgan fingerprint density at radius 1 is 1.08 bits per heavy atom. The van der Waals surface area contributed by atoms with Crippen LogP contribution >= 0.6 is 0 Å². The van der Waals surface area contributed by atoms with Crippen molar-refractivity contribution < 1.29 is 9.53 Å². The summed E-state index contributed by atoms with van der Waals surface area (Å²) in [6.45, 7) is 9.14. The topological polar surface area (TPSA) is 29.5 Å². The van der Waals surface area contributed by atoms with Gasteiger partial charge in [0, 0.05) is 13.1 Å². The molecule has 0 radical (unpaired) electrons. The van der Waals surface area contributed by atoms with Gasteiger partial charge >= 0.3 is 6.09 Å². The molecule has 0 aromatic heterocycles. The Labute approximate surface area is 143 Å². The number of amides is 1. The highest BCUT2D eigenvalue weighted by molar-refractivity contribution is 5.95. The van der Waals surface area contributed by atoms with Crippen LogP contribution in [0.1, 0.15) is 38.3 Å². The molecule has 0 bridgehead atoms. The van der Waals surface area contributed by atoms with Gasteiger partial charge < -0.3 is 9.64 Å². The van der Waals surface area contributed by atoms with Gasteiger partial charge in [0.05, 0.1) is 0 Å². The van der Waals surface area contributed by atoms with Gasteiger partial charge in [-0.3, -0.25) is 0 Å². The van der Waals surface area contributed by atoms with Gasteiger partial charge in [-0.15, -0.1) is 0 Å². The van der Waals surface area contributed by atoms with Gasteiger partial charge in [0.1, 0.15) is 5.60 Å². The number of hydrogen-bond donors (Lipinski definition) is 0. The Hall–Kier alpha value is -2.29. The summed E-state index contributed by atoms with van der Waals surface area (Å²) in [5.74, 6) is 0. The van der Waals surface area contributed by atoms with Gasteiger partial charge in [0.25, 0.3) is 0 Å². The molecule has 0 unspecified atom stereocenters. The molecule has 1 aliphatic rings. The molecule has 1 aliphatic heterocycles. The highest BCUT2D eigenvalue weighted by Crippen LogP contribution is 2.30. The molecule has 2 aromatic carbocycles. The van der Waals surface area contributed by atoms with Crippen molar-refractivity contribution in [1.29, 1.82) is 0 Å². The summed E-state index contributed by atoms with van der Waals surface area (Å²) in [4.78, 5) is 14.0. The number of benzene rings is 2. The van der Waals surface area contributed by atoms with E-state index in [4.69, 9.17) is 4.74 Å². The largest absolute Gasteiger partial charge is 0.444 e. The fraction of sp³-hybridized carbons (Fsp3) is 0.381. The van der Waals surface area contributed by atoms with Gasteiger partial charge in [0.2, 0.25) is 0 Å². The maximum Gasteiger partial charge on any atom is 0.410 e. The minimum atomic E-state index is -0.450. The van der Waals surface area contributed by atoms with E-state index in [1.807, 2.05) is 20.8 Å². The summed E-state index contributed by atoms with van der Waals surface area (Å²) in [5.41, 5.74) is 3.43. The molecular formula is C21H25NO2. The Morgan fingerprint density at radius 2 is 1.79 bits per heavy atom. The van der Waals surface area contributed by atoms with E-state index in [0.717, 1.165) is 6.42 Å². The Bertz CT molecular complexity index is 799. The molecule has 2 aromatic rings. The van der Waals surface area contributed by atoms with Crippen LogP contribution < -0.4 is 0 Å². The maximum atomic E-state index is 12.2. The first-order valence-corrected chi connectivity index (χ1v) is 8.51. The summed E-state index contributed by atoms with van der Waals surface area (Å²) in [6.07, 6.45) is 2.78. The molecule has 0 saturated heterocycles. The number of aryl methyl sites for hydroxylation is 1. The van der Waals surface area contributed by atoms with Gasteiger partial charge in [0.15, 0.2) is 0 Å². The first-order valence-electron chi connectivity index (χ1n) is 8.51. The first kappa shape index (κ1) is 16.6. The molecule has 0 fully saturated rings. The quantitative estimate of drug-likeness (QED) is 0.724. The van der Waals surface area contributed by atoms with Crippen LogP contribution in [-0.4, -0.2) is 29.7 Å². The van der Waals surface area contributed by atoms with E-state index < -0.39 is 5.60 Å². The fourth-order valence-electron chi connectivity index (χ4n) is 3.15. The zero-order chi connectivity index (χ0) is 17.3. The van der Waals surface area contributed by atoms with E-state index in [9.17, 15) is 4.79 Å². The minimum Gasteiger partial charge on any atom is -0.444 e. The van der Waals surface area contributed by atoms with Crippen molar-refractivity contribution in [2.75, 3.05) is 13.1 Å². The van der Waals surface area contributed by atoms with Gasteiger partial charge in [-0.05, 0) is 61.6 Å². The summed E-state index contributed by atoms with van der Waals surface area (Å²) in [6, 6.07) is 12.9. The zero-order valence-electron chi connectivity index (χ0n) is 14.9. The zero-order valence-corrected chi connectivity index (χ0v) is 14.9. The maximum absolute atomic E-state index is 12.2. The molecule has 3 rings (SSSR count). The lowest BCUT2D eigenvalue weighted by Gasteiger charge is -2.30. The number of fused-ring (bicyclic) bond motifs is 1. The highest BCUT2D eigenvalue weighted by Gasteiger charge is 2.24. The molecule has 0 atom stereocenters. The van der Waals surface area contributed by atoms with E-state index in [-0.39, 0.29) is 6.09 Å². The van der Waals surface area contributed by atoms with Crippen LogP contribution in [0.5, 0.6) is 0 Å². The third-order valence-electron chi connectivity index (χ3n) is 4.35. The highest BCUT2D eigenvalue weighted by atomic mass is 16.6. The smallest absolute Gasteiger partial charge is 0.410 e. The molecule has 0 spiro atoms. The molecular weight excluding hydrogens is 298 g/mol. The molecule has 1 amide bonds. The van der Waals surface area contributed by atoms with Crippen LogP contribution in [0.4, 0.5) is 4.79 Å². The second-order valence-corrected chi connectivity index (χ2v) is 7.38. The number of nitrogens with zero attached hydrogens (tertiary/aromatic N) is 1. The lowest BCUT2D eigenvalue weighted by molar-refractivity contribution is 0.0270. The molecule has 3 heteroatoms. The average molecular weight is 323 g/mol. The van der Waals surface area contributed by atoms with Crippen LogP contribution in [0.25, 0.3) is 16.3 Å². The normalized spacial score (nSPS) is 15.3. The minimum absolute atomic E-state index is 0.230. The van der Waals surface area contributed by atoms with Gasteiger partial charge in [-0.1, -0.05) is 42.5 Å². The summed E-state index contributed by atoms with van der Waals surface area (Å²) in [7, 11) is 0. The predicted octanol–water partition coefficient (Wildman–Crippen LogP) is 5.17. The number of hydrogen-bond acceptors (Lipinski definition) is 2. The van der Waals surface area contributed by atoms with Crippen molar-refractivity contribution in [3.05, 3.63) is 53.6 Å². The van der Waals surface area contributed by atoms with Crippen LogP contribution in [0.3, 0.4) is 0 Å². The third-order valence-corrected chi connectivity index (χ3v) is 4.35. The Morgan fingerprint density at radius 3 is 2.46 bits per heavy atom. The van der Waals surface area contributed by atoms with E-state index in [0.29, 0.717) is 13.1 Å². The van der Waals surface area contributed by atoms with E-state index in [1.165, 1.54) is 27.5 Å². The number of carbonyl (C=O) groups is 1. The molecule has 0 aliphatic carbocycles. The van der Waals surface area contributed by atoms with Crippen molar-refractivity contribution >= 4 is 22.4 Å². The molecule has 3 nitrogen and oxygen atoms in total. The van der Waals surface area contributed by atoms with Crippen molar-refractivity contribution in [1.82, 2.24) is 4.90 Å². The van der Waals surface area contributed by atoms with Crippen LogP contribution in [0.2, 0.25) is 0 Å². The van der Waals surface area contributed by atoms with Crippen LogP contribution in [-0.2, 0) is 4.74 Å². The van der Waals surface area contributed by atoms with E-state index in [1.54, 1.807) is 4.90 Å². The van der Waals surface area contributed by atoms with Crippen molar-refractivity contribution in [2.24, 2.45) is 0 Å². The number of carbonyl (C=O) groups excluding carboxylic acids is 1. The van der Waals surface area contributed by atoms with Crippen molar-refractivity contribution in [3.63, 3.8) is 0 Å². The van der Waals surface area contributed by atoms with Crippen molar-refractivity contribution in [3.8, 4) is 0 Å². The van der Waals surface area contributed by atoms with E-state index >= 15 is 0 Å². The number of ether oxygens (including phenoxy) is 1. The fourth-order valence-corrected chi connectivity index (χ4v) is 3.15. The Kier molecular flexibility index (Phi) is 4.35. The van der Waals surface area contributed by atoms with Gasteiger partial charge in [-0.2, -0.15) is 0 Å². The van der Waals surface area contributed by atoms with Gasteiger partial charge in [-0.25, -0.2) is 4.79 Å². The predicted molar refractivity (Wildman–Crippen MR) is 99.1 cm³/mol. The summed E-state index contributed by atoms with van der Waals surface area (Å²) < 4.78 is 5.46. The molecule has 24 heavy (non-hydrogen) atoms. The standard InChI is InChI=1S/C21H25NO2/c1-15-7-5-10-19-17(15)8-6-9-18(19)16-11-13-22(14-12-16)20(23)24-21(2,3)4/h5-11H,12-14H2,1-4H3. The van der Waals surface area contributed by atoms with E-state index in [2.05, 4.69) is 49.4 Å². The van der Waals surface area contributed by atoms with Crippen LogP contribution in [0, 0.1) is 6.92 Å². The summed E-state index contributed by atoms with van der Waals surface area (Å²) in [5, 5.41) is 2.58. The second-order valence-electron chi connectivity index (χ2n) is 7.38. The Balaban J connectivity index is 1.84. The monoisotopic (exact) mass is 323 g/mol. The number of rotatable bonds is 1. The third kappa shape index (κ3) is 3.45. The SMILES string of the molecule is Cc1cccc2c(C3=CCN(C(=O)OC(C)(C)C)CC3)cccc12. The lowest BCUT2D eigenvalue weighted by atomic mass is 9.93. The summed E-state index contributed by atoms with van der Waals surface area (Å²) >= 11 is 0. The molecule has 1 heterocycles. The van der Waals surface area contributed by atoms with Crippen molar-refractivity contribution in [2.45, 2.75) is 39.7 Å². The molecule has 0 saturated carbocycles. The molecule has 126 valence electrons. The average Bonchev–Trinajstić information content (AvgIpc) is 2.53. The molecule has 0 N–H and O–H groups in total. The van der Waals surface area contributed by atoms with Crippen LogP contribution in [0.15, 0.2) is 42.5 Å². The second kappa shape index (κ2) is 6.31. The first-order chi connectivity index (χ1) is 11.3.